The number of unbranched alkanes of at least 4 members (excludes halogenated alkanes) is 2. The maximum Gasteiger partial charge on any atom is 0.243 e. The van der Waals surface area contributed by atoms with Crippen LogP contribution in [0.2, 0.25) is 0 Å². The minimum Gasteiger partial charge on any atom is -0.357 e. The lowest BCUT2D eigenvalue weighted by molar-refractivity contribution is -0.0332. The molecule has 0 saturated carbocycles. The quantitative estimate of drug-likeness (QED) is 0.561. The molecule has 0 radical (unpaired) electrons. The van der Waals surface area contributed by atoms with Gasteiger partial charge in [-0.1, -0.05) is 62.1 Å². The van der Waals surface area contributed by atoms with Crippen molar-refractivity contribution in [3.63, 3.8) is 0 Å². The van der Waals surface area contributed by atoms with Crippen LogP contribution in [0.25, 0.3) is 0 Å². The Hall–Kier alpha value is -1.43. The monoisotopic (exact) mass is 415 g/mol. The Balaban J connectivity index is 1.68. The zero-order valence-electron chi connectivity index (χ0n) is 17.9. The van der Waals surface area contributed by atoms with E-state index in [1.165, 1.54) is 11.1 Å². The van der Waals surface area contributed by atoms with E-state index in [1.807, 2.05) is 19.1 Å². The summed E-state index contributed by atoms with van der Waals surface area (Å²) in [6, 6.07) is 7.18. The van der Waals surface area contributed by atoms with E-state index in [0.717, 1.165) is 44.1 Å². The topological polar surface area (TPSA) is 46.6 Å². The van der Waals surface area contributed by atoms with E-state index in [4.69, 9.17) is 4.74 Å². The summed E-state index contributed by atoms with van der Waals surface area (Å²) in [6.07, 6.45) is 11.1. The van der Waals surface area contributed by atoms with Crippen LogP contribution in [-0.4, -0.2) is 37.5 Å². The predicted octanol–water partition coefficient (Wildman–Crippen LogP) is 5.00. The van der Waals surface area contributed by atoms with Gasteiger partial charge in [0.2, 0.25) is 10.0 Å². The molecule has 4 nitrogen and oxygen atoms in total. The van der Waals surface area contributed by atoms with Crippen LogP contribution in [0.5, 0.6) is 0 Å². The van der Waals surface area contributed by atoms with E-state index < -0.39 is 15.6 Å². The number of hydrogen-bond acceptors (Lipinski definition) is 3. The Labute approximate surface area is 175 Å². The summed E-state index contributed by atoms with van der Waals surface area (Å²) in [7, 11) is -3.52. The first kappa shape index (κ1) is 20.8. The van der Waals surface area contributed by atoms with Crippen LogP contribution in [0, 0.1) is 12.8 Å². The van der Waals surface area contributed by atoms with Gasteiger partial charge < -0.3 is 4.74 Å². The van der Waals surface area contributed by atoms with Crippen LogP contribution in [0.3, 0.4) is 0 Å². The predicted molar refractivity (Wildman–Crippen MR) is 116 cm³/mol. The number of aryl methyl sites for hydroxylation is 1. The second-order valence-corrected chi connectivity index (χ2v) is 10.7. The highest BCUT2D eigenvalue weighted by molar-refractivity contribution is 7.89. The Morgan fingerprint density at radius 3 is 2.38 bits per heavy atom. The zero-order chi connectivity index (χ0) is 20.6. The number of hydrogen-bond donors (Lipinski definition) is 0. The van der Waals surface area contributed by atoms with E-state index in [0.29, 0.717) is 18.0 Å². The molecule has 1 fully saturated rings. The minimum absolute atomic E-state index is 0.0340. The van der Waals surface area contributed by atoms with Gasteiger partial charge in [0.1, 0.15) is 5.60 Å². The van der Waals surface area contributed by atoms with Crippen LogP contribution >= 0.6 is 0 Å². The van der Waals surface area contributed by atoms with Crippen molar-refractivity contribution in [3.8, 4) is 0 Å². The molecule has 0 aromatic heterocycles. The van der Waals surface area contributed by atoms with Crippen LogP contribution in [0.4, 0.5) is 0 Å². The molecule has 158 valence electrons. The average molecular weight is 416 g/mol. The van der Waals surface area contributed by atoms with E-state index in [2.05, 4.69) is 26.0 Å². The van der Waals surface area contributed by atoms with E-state index >= 15 is 0 Å². The molecule has 1 aromatic rings. The summed E-state index contributed by atoms with van der Waals surface area (Å²) in [5, 5.41) is 0. The first-order chi connectivity index (χ1) is 13.9. The molecule has 1 saturated heterocycles. The molecule has 29 heavy (non-hydrogen) atoms. The third-order valence-electron chi connectivity index (χ3n) is 6.73. The van der Waals surface area contributed by atoms with Crippen LogP contribution in [-0.2, 0) is 14.8 Å². The van der Waals surface area contributed by atoms with Gasteiger partial charge in [-0.15, -0.1) is 0 Å². The molecular weight excluding hydrogens is 382 g/mol. The summed E-state index contributed by atoms with van der Waals surface area (Å²) in [6.45, 7) is 7.34. The van der Waals surface area contributed by atoms with Gasteiger partial charge in [-0.3, -0.25) is 0 Å². The average Bonchev–Trinajstić information content (AvgIpc) is 3.28. The molecule has 3 aliphatic rings. The third kappa shape index (κ3) is 3.62. The van der Waals surface area contributed by atoms with E-state index in [-0.39, 0.29) is 12.0 Å². The molecule has 0 unspecified atom stereocenters. The largest absolute Gasteiger partial charge is 0.357 e. The number of nitrogens with zero attached hydrogens (tertiary/aromatic N) is 1. The molecule has 1 aromatic carbocycles. The fraction of sp³-hybridized carbons (Fsp3) is 0.583. The molecule has 1 spiro atoms. The van der Waals surface area contributed by atoms with Crippen molar-refractivity contribution in [1.29, 1.82) is 0 Å². The van der Waals surface area contributed by atoms with Crippen molar-refractivity contribution >= 4 is 10.0 Å². The lowest BCUT2D eigenvalue weighted by Gasteiger charge is -2.39. The molecule has 2 bridgehead atoms. The van der Waals surface area contributed by atoms with Crippen LogP contribution < -0.4 is 0 Å². The zero-order valence-corrected chi connectivity index (χ0v) is 18.7. The van der Waals surface area contributed by atoms with E-state index in [9.17, 15) is 8.42 Å². The second-order valence-electron chi connectivity index (χ2n) is 8.77. The van der Waals surface area contributed by atoms with Gasteiger partial charge in [0, 0.05) is 19.0 Å². The second kappa shape index (κ2) is 8.01. The maximum absolute atomic E-state index is 13.4. The number of benzene rings is 1. The Morgan fingerprint density at radius 1 is 1.07 bits per heavy atom. The summed E-state index contributed by atoms with van der Waals surface area (Å²) < 4.78 is 34.9. The van der Waals surface area contributed by atoms with Gasteiger partial charge in [0.05, 0.1) is 11.0 Å². The van der Waals surface area contributed by atoms with Crippen LogP contribution in [0.15, 0.2) is 52.5 Å². The molecule has 3 heterocycles. The molecule has 5 heteroatoms. The standard InChI is InChI=1S/C24H33NO3S/c1-4-6-8-20-21(9-7-5-2)23-14-15-24(28-23)17-25(16-22(20)24)29(26,27)19-12-10-18(3)11-13-19/h10-15,22-23H,4-9,16-17H2,1-3H3/t22-,23-,24-/m0/s1. The van der Waals surface area contributed by atoms with Crippen molar-refractivity contribution < 1.29 is 13.2 Å². The van der Waals surface area contributed by atoms with Crippen molar-refractivity contribution in [1.82, 2.24) is 4.31 Å². The highest BCUT2D eigenvalue weighted by Gasteiger charge is 2.57. The molecule has 3 aliphatic heterocycles. The molecular formula is C24H33NO3S. The first-order valence-corrected chi connectivity index (χ1v) is 12.5. The number of fused-ring (bicyclic) bond motifs is 1. The Morgan fingerprint density at radius 2 is 1.72 bits per heavy atom. The van der Waals surface area contributed by atoms with Crippen molar-refractivity contribution in [2.75, 3.05) is 13.1 Å². The third-order valence-corrected chi connectivity index (χ3v) is 8.56. The minimum atomic E-state index is -3.52. The Bertz CT molecular complexity index is 916. The normalized spacial score (nSPS) is 28.9. The number of sulfonamides is 1. The van der Waals surface area contributed by atoms with Crippen molar-refractivity contribution in [2.24, 2.45) is 5.92 Å². The molecule has 4 rings (SSSR count). The maximum atomic E-state index is 13.4. The van der Waals surface area contributed by atoms with Gasteiger partial charge in [-0.2, -0.15) is 4.31 Å². The van der Waals surface area contributed by atoms with Crippen molar-refractivity contribution in [3.05, 3.63) is 53.1 Å². The highest BCUT2D eigenvalue weighted by atomic mass is 32.2. The Kier molecular flexibility index (Phi) is 5.75. The summed E-state index contributed by atoms with van der Waals surface area (Å²) in [5.41, 5.74) is 3.47. The van der Waals surface area contributed by atoms with Crippen LogP contribution in [0.1, 0.15) is 57.9 Å². The molecule has 0 aliphatic carbocycles. The molecule has 3 atom stereocenters. The summed E-state index contributed by atoms with van der Waals surface area (Å²) in [5.74, 6) is 0.135. The number of ether oxygens (including phenoxy) is 1. The lowest BCUT2D eigenvalue weighted by Crippen LogP contribution is -2.43. The fourth-order valence-corrected chi connectivity index (χ4v) is 6.57. The molecule has 0 N–H and O–H groups in total. The van der Waals surface area contributed by atoms with Gasteiger partial charge in [0.25, 0.3) is 0 Å². The van der Waals surface area contributed by atoms with Crippen molar-refractivity contribution in [2.45, 2.75) is 75.9 Å². The first-order valence-electron chi connectivity index (χ1n) is 11.1. The van der Waals surface area contributed by atoms with E-state index in [1.54, 1.807) is 16.4 Å². The number of rotatable bonds is 8. The lowest BCUT2D eigenvalue weighted by atomic mass is 9.78. The van der Waals surface area contributed by atoms with Gasteiger partial charge in [-0.05, 0) is 50.3 Å². The SMILES string of the molecule is CCCCC1=C(CCCC)[C@@H]2CN(S(=O)(=O)c3ccc(C)cc3)C[C@@]23C=C[C@@H]1O3. The van der Waals surface area contributed by atoms with Gasteiger partial charge in [0.15, 0.2) is 0 Å². The van der Waals surface area contributed by atoms with Gasteiger partial charge in [-0.25, -0.2) is 8.42 Å². The van der Waals surface area contributed by atoms with Gasteiger partial charge >= 0.3 is 0 Å². The summed E-state index contributed by atoms with van der Waals surface area (Å²) >= 11 is 0. The summed E-state index contributed by atoms with van der Waals surface area (Å²) in [4.78, 5) is 0.377. The highest BCUT2D eigenvalue weighted by Crippen LogP contribution is 2.51. The fourth-order valence-electron chi connectivity index (χ4n) is 5.08. The smallest absolute Gasteiger partial charge is 0.243 e. The molecule has 0 amide bonds.